The van der Waals surface area contributed by atoms with Crippen molar-refractivity contribution < 1.29 is 8.42 Å². The van der Waals surface area contributed by atoms with Gasteiger partial charge in [-0.3, -0.25) is 0 Å². The lowest BCUT2D eigenvalue weighted by Gasteiger charge is -2.30. The van der Waals surface area contributed by atoms with E-state index in [1.165, 1.54) is 5.69 Å². The first-order valence-electron chi connectivity index (χ1n) is 10.7. The van der Waals surface area contributed by atoms with Gasteiger partial charge in [-0.05, 0) is 37.2 Å². The molecular formula is C23H33N3O2S. The Labute approximate surface area is 176 Å². The van der Waals surface area contributed by atoms with Crippen molar-refractivity contribution in [2.45, 2.75) is 26.7 Å². The lowest BCUT2D eigenvalue weighted by molar-refractivity contribution is 0.212. The minimum absolute atomic E-state index is 0.259. The van der Waals surface area contributed by atoms with E-state index in [1.54, 1.807) is 0 Å². The molecule has 6 heteroatoms. The monoisotopic (exact) mass is 415 g/mol. The van der Waals surface area contributed by atoms with E-state index in [4.69, 9.17) is 6.42 Å². The Balaban J connectivity index is 1.39. The molecule has 2 atom stereocenters. The Morgan fingerprint density at radius 3 is 1.97 bits per heavy atom. The van der Waals surface area contributed by atoms with Crippen molar-refractivity contribution in [3.8, 4) is 12.3 Å². The topological polar surface area (TPSA) is 43.9 Å². The summed E-state index contributed by atoms with van der Waals surface area (Å²) in [6, 6.07) is 8.71. The van der Waals surface area contributed by atoms with Crippen molar-refractivity contribution in [3.05, 3.63) is 24.3 Å². The number of likely N-dealkylation sites (tertiary alicyclic amines) is 1. The fraction of sp³-hybridized carbons (Fsp3) is 0.652. The van der Waals surface area contributed by atoms with Crippen molar-refractivity contribution in [1.29, 1.82) is 0 Å². The zero-order chi connectivity index (χ0) is 20.7. The fourth-order valence-corrected chi connectivity index (χ4v) is 6.60. The third-order valence-electron chi connectivity index (χ3n) is 7.40. The Kier molecular flexibility index (Phi) is 5.33. The SMILES string of the molecule is C#CCCCN1C[C@@]2(C)CN(c3ccc(N4CCS(=O)(=O)CC4)cc3)C[C@@]2(C)C1. The van der Waals surface area contributed by atoms with Gasteiger partial charge in [0.1, 0.15) is 0 Å². The molecule has 0 aliphatic carbocycles. The molecule has 5 nitrogen and oxygen atoms in total. The number of nitrogens with zero attached hydrogens (tertiary/aromatic N) is 3. The Morgan fingerprint density at radius 2 is 1.45 bits per heavy atom. The summed E-state index contributed by atoms with van der Waals surface area (Å²) in [5, 5.41) is 0. The van der Waals surface area contributed by atoms with Crippen molar-refractivity contribution in [2.75, 3.05) is 67.1 Å². The Hall–Kier alpha value is -1.71. The number of terminal acetylenes is 1. The number of sulfone groups is 1. The maximum Gasteiger partial charge on any atom is 0.153 e. The number of unbranched alkanes of at least 4 members (excludes halogenated alkanes) is 1. The van der Waals surface area contributed by atoms with Crippen LogP contribution in [0.4, 0.5) is 11.4 Å². The number of fused-ring (bicyclic) bond motifs is 1. The molecule has 0 radical (unpaired) electrons. The van der Waals surface area contributed by atoms with Gasteiger partial charge in [0, 0.05) is 67.9 Å². The van der Waals surface area contributed by atoms with Gasteiger partial charge in [-0.25, -0.2) is 8.42 Å². The number of benzene rings is 1. The van der Waals surface area contributed by atoms with Gasteiger partial charge in [0.15, 0.2) is 9.84 Å². The summed E-state index contributed by atoms with van der Waals surface area (Å²) in [6.45, 7) is 11.6. The molecule has 1 aromatic carbocycles. The van der Waals surface area contributed by atoms with Crippen LogP contribution in [0.3, 0.4) is 0 Å². The van der Waals surface area contributed by atoms with Crippen LogP contribution >= 0.6 is 0 Å². The second kappa shape index (κ2) is 7.52. The van der Waals surface area contributed by atoms with Gasteiger partial charge < -0.3 is 14.7 Å². The standard InChI is InChI=1S/C23H33N3O2S/c1-4-5-6-11-24-16-22(2)18-26(19-23(22,3)17-24)21-9-7-20(8-10-21)25-12-14-29(27,28)15-13-25/h1,7-10H,5-6,11-19H2,2-3H3/t22-,23+. The highest BCUT2D eigenvalue weighted by Gasteiger charge is 2.57. The third-order valence-corrected chi connectivity index (χ3v) is 9.01. The summed E-state index contributed by atoms with van der Waals surface area (Å²) in [5.41, 5.74) is 2.99. The Bertz CT molecular complexity index is 858. The maximum absolute atomic E-state index is 11.7. The van der Waals surface area contributed by atoms with E-state index in [1.807, 2.05) is 0 Å². The maximum atomic E-state index is 11.7. The molecule has 3 aliphatic rings. The highest BCUT2D eigenvalue weighted by Crippen LogP contribution is 2.52. The summed E-state index contributed by atoms with van der Waals surface area (Å²) in [7, 11) is -2.84. The molecule has 0 aromatic heterocycles. The van der Waals surface area contributed by atoms with Crippen LogP contribution in [0, 0.1) is 23.2 Å². The second-order valence-corrected chi connectivity index (χ2v) is 12.0. The fourth-order valence-electron chi connectivity index (χ4n) is 5.40. The van der Waals surface area contributed by atoms with E-state index in [0.717, 1.165) is 51.3 Å². The second-order valence-electron chi connectivity index (χ2n) is 9.65. The van der Waals surface area contributed by atoms with Crippen LogP contribution in [0.15, 0.2) is 24.3 Å². The predicted octanol–water partition coefficient (Wildman–Crippen LogP) is 2.48. The molecule has 0 saturated carbocycles. The molecule has 1 aromatic rings. The molecule has 4 rings (SSSR count). The number of hydrogen-bond donors (Lipinski definition) is 0. The molecule has 0 unspecified atom stereocenters. The molecule has 0 N–H and O–H groups in total. The number of hydrogen-bond acceptors (Lipinski definition) is 5. The minimum Gasteiger partial charge on any atom is -0.370 e. The van der Waals surface area contributed by atoms with Crippen LogP contribution in [0.1, 0.15) is 26.7 Å². The van der Waals surface area contributed by atoms with E-state index < -0.39 is 9.84 Å². The average molecular weight is 416 g/mol. The molecule has 3 fully saturated rings. The molecule has 29 heavy (non-hydrogen) atoms. The van der Waals surface area contributed by atoms with Crippen LogP contribution in [0.25, 0.3) is 0 Å². The van der Waals surface area contributed by atoms with E-state index in [0.29, 0.717) is 23.9 Å². The molecule has 0 bridgehead atoms. The van der Waals surface area contributed by atoms with Gasteiger partial charge in [-0.1, -0.05) is 13.8 Å². The van der Waals surface area contributed by atoms with Gasteiger partial charge in [-0.2, -0.15) is 0 Å². The first-order valence-corrected chi connectivity index (χ1v) is 12.5. The van der Waals surface area contributed by atoms with E-state index in [9.17, 15) is 8.42 Å². The summed E-state index contributed by atoms with van der Waals surface area (Å²) >= 11 is 0. The molecule has 3 saturated heterocycles. The molecule has 3 aliphatic heterocycles. The van der Waals surface area contributed by atoms with E-state index in [2.05, 4.69) is 58.7 Å². The molecule has 158 valence electrons. The summed E-state index contributed by atoms with van der Waals surface area (Å²) in [4.78, 5) is 7.31. The number of rotatable bonds is 5. The highest BCUT2D eigenvalue weighted by molar-refractivity contribution is 7.91. The van der Waals surface area contributed by atoms with E-state index >= 15 is 0 Å². The smallest absolute Gasteiger partial charge is 0.153 e. The summed E-state index contributed by atoms with van der Waals surface area (Å²) in [6.07, 6.45) is 7.36. The van der Waals surface area contributed by atoms with Gasteiger partial charge in [0.05, 0.1) is 11.5 Å². The Morgan fingerprint density at radius 1 is 0.931 bits per heavy atom. The van der Waals surface area contributed by atoms with Gasteiger partial charge in [-0.15, -0.1) is 12.3 Å². The molecule has 3 heterocycles. The average Bonchev–Trinajstić information content (AvgIpc) is 3.06. The predicted molar refractivity (Wildman–Crippen MR) is 120 cm³/mol. The van der Waals surface area contributed by atoms with Gasteiger partial charge >= 0.3 is 0 Å². The largest absolute Gasteiger partial charge is 0.370 e. The van der Waals surface area contributed by atoms with Crippen molar-refractivity contribution in [1.82, 2.24) is 4.90 Å². The van der Waals surface area contributed by atoms with Crippen LogP contribution in [0.2, 0.25) is 0 Å². The van der Waals surface area contributed by atoms with Crippen LogP contribution in [-0.4, -0.2) is 70.6 Å². The normalized spacial score (nSPS) is 31.6. The first kappa shape index (κ1) is 20.6. The minimum atomic E-state index is -2.84. The van der Waals surface area contributed by atoms with Crippen molar-refractivity contribution in [2.24, 2.45) is 10.8 Å². The molecule has 0 amide bonds. The van der Waals surface area contributed by atoms with Crippen LogP contribution in [0.5, 0.6) is 0 Å². The zero-order valence-electron chi connectivity index (χ0n) is 17.7. The first-order chi connectivity index (χ1) is 13.7. The quantitative estimate of drug-likeness (QED) is 0.546. The molecule has 0 spiro atoms. The van der Waals surface area contributed by atoms with Crippen LogP contribution in [-0.2, 0) is 9.84 Å². The van der Waals surface area contributed by atoms with Crippen molar-refractivity contribution >= 4 is 21.2 Å². The molecular weight excluding hydrogens is 382 g/mol. The number of anilines is 2. The third kappa shape index (κ3) is 4.00. The summed E-state index contributed by atoms with van der Waals surface area (Å²) < 4.78 is 23.3. The van der Waals surface area contributed by atoms with Gasteiger partial charge in [0.2, 0.25) is 0 Å². The van der Waals surface area contributed by atoms with Crippen LogP contribution < -0.4 is 9.80 Å². The van der Waals surface area contributed by atoms with Gasteiger partial charge in [0.25, 0.3) is 0 Å². The van der Waals surface area contributed by atoms with Crippen molar-refractivity contribution in [3.63, 3.8) is 0 Å². The highest BCUT2D eigenvalue weighted by atomic mass is 32.2. The zero-order valence-corrected chi connectivity index (χ0v) is 18.5. The lowest BCUT2D eigenvalue weighted by atomic mass is 9.71. The summed E-state index contributed by atoms with van der Waals surface area (Å²) in [5.74, 6) is 3.27. The lowest BCUT2D eigenvalue weighted by Crippen LogP contribution is -2.40. The van der Waals surface area contributed by atoms with E-state index in [-0.39, 0.29) is 11.5 Å².